The molecule has 0 aliphatic heterocycles. The van der Waals surface area contributed by atoms with Gasteiger partial charge in [0.25, 0.3) is 5.91 Å². The highest BCUT2D eigenvalue weighted by Gasteiger charge is 2.09. The summed E-state index contributed by atoms with van der Waals surface area (Å²) >= 11 is 6.60. The van der Waals surface area contributed by atoms with E-state index >= 15 is 0 Å². The number of benzene rings is 2. The topological polar surface area (TPSA) is 49.3 Å². The first kappa shape index (κ1) is 14.1. The van der Waals surface area contributed by atoms with Gasteiger partial charge in [0.1, 0.15) is 5.75 Å². The molecule has 0 aromatic heterocycles. The summed E-state index contributed by atoms with van der Waals surface area (Å²) in [5, 5.41) is 12.7. The maximum Gasteiger partial charge on any atom is 0.251 e. The number of carbonyl (C=O) groups is 1. The molecular weight excluding hydrogens is 374 g/mol. The third-order valence-corrected chi connectivity index (χ3v) is 3.64. The Morgan fingerprint density at radius 3 is 2.53 bits per heavy atom. The minimum atomic E-state index is -0.170. The normalized spacial score (nSPS) is 10.2. The average molecular weight is 385 g/mol. The van der Waals surface area contributed by atoms with Crippen molar-refractivity contribution in [3.63, 3.8) is 0 Å². The molecule has 5 heteroatoms. The molecule has 0 unspecified atom stereocenters. The van der Waals surface area contributed by atoms with Gasteiger partial charge in [-0.1, -0.05) is 34.1 Å². The van der Waals surface area contributed by atoms with Crippen molar-refractivity contribution in [2.45, 2.75) is 6.54 Å². The third-order valence-electron chi connectivity index (χ3n) is 2.58. The summed E-state index contributed by atoms with van der Waals surface area (Å²) in [6.45, 7) is 0.262. The molecule has 0 aliphatic rings. The largest absolute Gasteiger partial charge is 0.506 e. The van der Waals surface area contributed by atoms with Crippen molar-refractivity contribution >= 4 is 37.8 Å². The van der Waals surface area contributed by atoms with Gasteiger partial charge in [-0.15, -0.1) is 0 Å². The van der Waals surface area contributed by atoms with Crippen LogP contribution in [0.1, 0.15) is 15.9 Å². The van der Waals surface area contributed by atoms with Gasteiger partial charge >= 0.3 is 0 Å². The van der Waals surface area contributed by atoms with Crippen LogP contribution in [0.3, 0.4) is 0 Å². The van der Waals surface area contributed by atoms with Crippen LogP contribution in [-0.4, -0.2) is 11.0 Å². The number of rotatable bonds is 3. The lowest BCUT2D eigenvalue weighted by Gasteiger charge is -2.09. The number of hydrogen-bond acceptors (Lipinski definition) is 2. The van der Waals surface area contributed by atoms with E-state index in [9.17, 15) is 9.90 Å². The van der Waals surface area contributed by atoms with Crippen molar-refractivity contribution in [2.24, 2.45) is 0 Å². The Labute approximate surface area is 127 Å². The third kappa shape index (κ3) is 3.58. The van der Waals surface area contributed by atoms with Crippen LogP contribution in [0.25, 0.3) is 0 Å². The molecular formula is C14H11Br2NO2. The average Bonchev–Trinajstić information content (AvgIpc) is 2.41. The lowest BCUT2D eigenvalue weighted by molar-refractivity contribution is 0.0950. The van der Waals surface area contributed by atoms with Gasteiger partial charge < -0.3 is 10.4 Å². The molecule has 2 aromatic rings. The summed E-state index contributed by atoms with van der Waals surface area (Å²) in [4.78, 5) is 11.9. The minimum absolute atomic E-state index is 0.136. The second-order valence-corrected chi connectivity index (χ2v) is 5.71. The van der Waals surface area contributed by atoms with Crippen molar-refractivity contribution in [1.82, 2.24) is 5.32 Å². The van der Waals surface area contributed by atoms with Crippen LogP contribution in [0.5, 0.6) is 5.75 Å². The summed E-state index contributed by atoms with van der Waals surface area (Å²) in [5.41, 5.74) is 1.24. The van der Waals surface area contributed by atoms with Gasteiger partial charge in [-0.2, -0.15) is 0 Å². The molecule has 0 saturated heterocycles. The molecule has 0 spiro atoms. The summed E-state index contributed by atoms with van der Waals surface area (Å²) in [6.07, 6.45) is 0. The van der Waals surface area contributed by atoms with Gasteiger partial charge in [0.05, 0.1) is 4.47 Å². The molecule has 0 bridgehead atoms. The van der Waals surface area contributed by atoms with E-state index in [0.717, 1.165) is 4.47 Å². The quantitative estimate of drug-likeness (QED) is 0.844. The fourth-order valence-electron chi connectivity index (χ4n) is 1.62. The van der Waals surface area contributed by atoms with Gasteiger partial charge in [-0.3, -0.25) is 4.79 Å². The lowest BCUT2D eigenvalue weighted by atomic mass is 10.2. The van der Waals surface area contributed by atoms with Gasteiger partial charge in [0.2, 0.25) is 0 Å². The number of phenolic OH excluding ortho intramolecular Hbond substituents is 1. The number of amides is 1. The molecule has 19 heavy (non-hydrogen) atoms. The Kier molecular flexibility index (Phi) is 4.61. The molecule has 0 fully saturated rings. The van der Waals surface area contributed by atoms with Gasteiger partial charge in [0.15, 0.2) is 0 Å². The number of aromatic hydroxyl groups is 1. The van der Waals surface area contributed by atoms with E-state index in [1.165, 1.54) is 0 Å². The van der Waals surface area contributed by atoms with Gasteiger partial charge in [-0.25, -0.2) is 0 Å². The number of hydrogen-bond donors (Lipinski definition) is 2. The zero-order valence-electron chi connectivity index (χ0n) is 9.86. The molecule has 0 saturated carbocycles. The fraction of sp³-hybridized carbons (Fsp3) is 0.0714. The highest BCUT2D eigenvalue weighted by Crippen LogP contribution is 2.31. The maximum atomic E-state index is 11.9. The Morgan fingerprint density at radius 2 is 1.84 bits per heavy atom. The summed E-state index contributed by atoms with van der Waals surface area (Å²) < 4.78 is 1.42. The number of carbonyl (C=O) groups excluding carboxylic acids is 1. The van der Waals surface area contributed by atoms with Crippen LogP contribution >= 0.6 is 31.9 Å². The van der Waals surface area contributed by atoms with Gasteiger partial charge in [0, 0.05) is 22.1 Å². The summed E-state index contributed by atoms with van der Waals surface area (Å²) in [5.74, 6) is -0.0346. The highest BCUT2D eigenvalue weighted by molar-refractivity contribution is 9.11. The molecule has 2 aromatic carbocycles. The van der Waals surface area contributed by atoms with Crippen LogP contribution in [-0.2, 0) is 6.54 Å². The van der Waals surface area contributed by atoms with Crippen molar-refractivity contribution in [3.05, 3.63) is 62.5 Å². The van der Waals surface area contributed by atoms with Crippen LogP contribution in [0.15, 0.2) is 51.4 Å². The number of phenols is 1. The Hall–Kier alpha value is -1.33. The summed E-state index contributed by atoms with van der Waals surface area (Å²) in [7, 11) is 0. The molecule has 1 amide bonds. The molecule has 0 radical (unpaired) electrons. The molecule has 0 aliphatic carbocycles. The molecule has 2 N–H and O–H groups in total. The van der Waals surface area contributed by atoms with Crippen molar-refractivity contribution < 1.29 is 9.90 Å². The van der Waals surface area contributed by atoms with Gasteiger partial charge in [-0.05, 0) is 40.2 Å². The Bertz CT molecular complexity index is 600. The highest BCUT2D eigenvalue weighted by atomic mass is 79.9. The van der Waals surface area contributed by atoms with Crippen LogP contribution < -0.4 is 5.32 Å². The van der Waals surface area contributed by atoms with E-state index in [1.54, 1.807) is 24.3 Å². The summed E-state index contributed by atoms with van der Waals surface area (Å²) in [6, 6.07) is 12.5. The van der Waals surface area contributed by atoms with Crippen molar-refractivity contribution in [3.8, 4) is 5.75 Å². The number of halogens is 2. The Morgan fingerprint density at radius 1 is 1.16 bits per heavy atom. The fourth-order valence-corrected chi connectivity index (χ4v) is 2.93. The molecule has 2 rings (SSSR count). The Balaban J connectivity index is 2.09. The van der Waals surface area contributed by atoms with Crippen LogP contribution in [0, 0.1) is 0 Å². The zero-order chi connectivity index (χ0) is 13.8. The zero-order valence-corrected chi connectivity index (χ0v) is 13.0. The van der Waals surface area contributed by atoms with Crippen molar-refractivity contribution in [1.29, 1.82) is 0 Å². The first-order valence-electron chi connectivity index (χ1n) is 5.58. The first-order chi connectivity index (χ1) is 9.08. The predicted molar refractivity (Wildman–Crippen MR) is 81.1 cm³/mol. The molecule has 0 atom stereocenters. The van der Waals surface area contributed by atoms with E-state index < -0.39 is 0 Å². The number of nitrogens with one attached hydrogen (secondary N) is 1. The standard InChI is InChI=1S/C14H11Br2NO2/c15-11-6-10(13(18)12(16)7-11)8-17-14(19)9-4-2-1-3-5-9/h1-7,18H,8H2,(H,17,19). The second kappa shape index (κ2) is 6.21. The van der Waals surface area contributed by atoms with E-state index in [2.05, 4.69) is 37.2 Å². The molecule has 3 nitrogen and oxygen atoms in total. The van der Waals surface area contributed by atoms with Crippen LogP contribution in [0.2, 0.25) is 0 Å². The van der Waals surface area contributed by atoms with E-state index in [4.69, 9.17) is 0 Å². The van der Waals surface area contributed by atoms with E-state index in [0.29, 0.717) is 15.6 Å². The smallest absolute Gasteiger partial charge is 0.251 e. The lowest BCUT2D eigenvalue weighted by Crippen LogP contribution is -2.22. The van der Waals surface area contributed by atoms with Crippen molar-refractivity contribution in [2.75, 3.05) is 0 Å². The first-order valence-corrected chi connectivity index (χ1v) is 7.16. The van der Waals surface area contributed by atoms with E-state index in [-0.39, 0.29) is 18.2 Å². The van der Waals surface area contributed by atoms with Crippen LogP contribution in [0.4, 0.5) is 0 Å². The molecule has 0 heterocycles. The minimum Gasteiger partial charge on any atom is -0.506 e. The monoisotopic (exact) mass is 383 g/mol. The SMILES string of the molecule is O=C(NCc1cc(Br)cc(Br)c1O)c1ccccc1. The predicted octanol–water partition coefficient (Wildman–Crippen LogP) is 3.85. The maximum absolute atomic E-state index is 11.9. The molecule has 98 valence electrons. The second-order valence-electron chi connectivity index (χ2n) is 3.94. The van der Waals surface area contributed by atoms with E-state index in [1.807, 2.05) is 18.2 Å².